The molecule has 8 heteroatoms. The van der Waals surface area contributed by atoms with Gasteiger partial charge in [-0.3, -0.25) is 19.7 Å². The summed E-state index contributed by atoms with van der Waals surface area (Å²) >= 11 is 0.940. The number of methoxy groups -OCH3 is 1. The maximum Gasteiger partial charge on any atom is 0.286 e. The number of ether oxygens (including phenoxy) is 1. The number of rotatable bonds is 6. The van der Waals surface area contributed by atoms with Crippen molar-refractivity contribution in [2.45, 2.75) is 18.1 Å². The largest absolute Gasteiger partial charge is 0.506 e. The molecule has 3 N–H and O–H groups in total. The number of hydrogen-bond acceptors (Lipinski definition) is 6. The number of phenolic OH excluding ortho intramolecular Hbond substituents is 1. The van der Waals surface area contributed by atoms with Crippen LogP contribution in [0.25, 0.3) is 10.8 Å². The fraction of sp³-hybridized carbons (Fsp3) is 0.174. The average Bonchev–Trinajstić information content (AvgIpc) is 3.06. The second-order valence-electron chi connectivity index (χ2n) is 7.21. The molecule has 0 aliphatic carbocycles. The third kappa shape index (κ3) is 4.80. The topological polar surface area (TPSA) is 105 Å². The quantitative estimate of drug-likeness (QED) is 0.510. The van der Waals surface area contributed by atoms with Gasteiger partial charge in [0.15, 0.2) is 0 Å². The summed E-state index contributed by atoms with van der Waals surface area (Å²) in [6, 6.07) is 16.2. The van der Waals surface area contributed by atoms with E-state index in [9.17, 15) is 19.5 Å². The Kier molecular flexibility index (Phi) is 5.81. The van der Waals surface area contributed by atoms with Gasteiger partial charge in [-0.15, -0.1) is 0 Å². The molecule has 0 bridgehead atoms. The maximum absolute atomic E-state index is 12.6. The summed E-state index contributed by atoms with van der Waals surface area (Å²) in [6.45, 7) is 0. The van der Waals surface area contributed by atoms with Gasteiger partial charge in [0, 0.05) is 0 Å². The van der Waals surface area contributed by atoms with Crippen molar-refractivity contribution in [3.8, 4) is 11.5 Å². The number of carbonyl (C=O) groups excluding carboxylic acids is 3. The Balaban J connectivity index is 1.45. The second-order valence-corrected chi connectivity index (χ2v) is 8.39. The Bertz CT molecular complexity index is 1190. The first-order valence-corrected chi connectivity index (χ1v) is 10.5. The summed E-state index contributed by atoms with van der Waals surface area (Å²) in [4.78, 5) is 35.7. The van der Waals surface area contributed by atoms with E-state index in [1.165, 1.54) is 6.07 Å². The van der Waals surface area contributed by atoms with Gasteiger partial charge in [-0.2, -0.15) is 0 Å². The summed E-state index contributed by atoms with van der Waals surface area (Å²) in [5, 5.41) is 16.2. The Morgan fingerprint density at radius 2 is 1.81 bits per heavy atom. The van der Waals surface area contributed by atoms with Crippen LogP contribution in [0.2, 0.25) is 0 Å². The number of imide groups is 1. The van der Waals surface area contributed by atoms with Gasteiger partial charge in [0.25, 0.3) is 5.24 Å². The van der Waals surface area contributed by atoms with Crippen molar-refractivity contribution in [1.29, 1.82) is 0 Å². The van der Waals surface area contributed by atoms with Gasteiger partial charge in [-0.25, -0.2) is 0 Å². The van der Waals surface area contributed by atoms with Crippen LogP contribution in [0, 0.1) is 0 Å². The number of amides is 3. The minimum Gasteiger partial charge on any atom is -0.506 e. The fourth-order valence-electron chi connectivity index (χ4n) is 3.44. The van der Waals surface area contributed by atoms with E-state index >= 15 is 0 Å². The zero-order chi connectivity index (χ0) is 22.0. The van der Waals surface area contributed by atoms with E-state index in [1.807, 2.05) is 36.4 Å². The molecule has 158 valence electrons. The molecule has 3 aromatic rings. The van der Waals surface area contributed by atoms with E-state index in [0.29, 0.717) is 6.42 Å². The molecular weight excluding hydrogens is 416 g/mol. The summed E-state index contributed by atoms with van der Waals surface area (Å²) in [5.74, 6) is 0.0968. The average molecular weight is 436 g/mol. The first kappa shape index (κ1) is 20.7. The number of aromatic hydroxyl groups is 1. The Morgan fingerprint density at radius 1 is 1.06 bits per heavy atom. The number of hydrogen-bond donors (Lipinski definition) is 3. The molecule has 4 rings (SSSR count). The van der Waals surface area contributed by atoms with Crippen molar-refractivity contribution in [3.63, 3.8) is 0 Å². The minimum absolute atomic E-state index is 0.0673. The SMILES string of the molecule is COc1ccc2cc(CC(=O)Nc3cc(CC4SC(=O)NC4=O)ccc3O)ccc2c1. The zero-order valence-electron chi connectivity index (χ0n) is 16.7. The highest BCUT2D eigenvalue weighted by molar-refractivity contribution is 8.15. The van der Waals surface area contributed by atoms with Crippen LogP contribution >= 0.6 is 11.8 Å². The van der Waals surface area contributed by atoms with E-state index in [0.717, 1.165) is 39.4 Å². The van der Waals surface area contributed by atoms with Crippen LogP contribution < -0.4 is 15.4 Å². The van der Waals surface area contributed by atoms with Crippen molar-refractivity contribution < 1.29 is 24.2 Å². The lowest BCUT2D eigenvalue weighted by molar-refractivity contribution is -0.119. The van der Waals surface area contributed by atoms with Crippen LogP contribution in [0.4, 0.5) is 10.5 Å². The van der Waals surface area contributed by atoms with Gasteiger partial charge in [-0.05, 0) is 52.6 Å². The van der Waals surface area contributed by atoms with Gasteiger partial charge < -0.3 is 15.2 Å². The number of nitrogens with one attached hydrogen (secondary N) is 2. The van der Waals surface area contributed by atoms with E-state index < -0.39 is 5.25 Å². The molecule has 1 unspecified atom stereocenters. The molecule has 3 amide bonds. The maximum atomic E-state index is 12.6. The molecule has 0 radical (unpaired) electrons. The standard InChI is InChI=1S/C23H20N2O5S/c1-30-17-6-5-15-8-13(2-4-16(15)12-17)11-21(27)24-18-9-14(3-7-19(18)26)10-20-22(28)25-23(29)31-20/h2-9,12,20,26H,10-11H2,1H3,(H,24,27)(H,25,28,29). The van der Waals surface area contributed by atoms with Crippen LogP contribution in [0.3, 0.4) is 0 Å². The third-order valence-electron chi connectivity index (χ3n) is 5.00. The molecule has 1 fully saturated rings. The molecule has 31 heavy (non-hydrogen) atoms. The number of anilines is 1. The molecule has 1 saturated heterocycles. The third-order valence-corrected chi connectivity index (χ3v) is 5.98. The predicted octanol–water partition coefficient (Wildman–Crippen LogP) is 3.63. The lowest BCUT2D eigenvalue weighted by Crippen LogP contribution is -2.25. The van der Waals surface area contributed by atoms with Crippen molar-refractivity contribution >= 4 is 45.3 Å². The predicted molar refractivity (Wildman–Crippen MR) is 120 cm³/mol. The smallest absolute Gasteiger partial charge is 0.286 e. The number of benzene rings is 3. The fourth-order valence-corrected chi connectivity index (χ4v) is 4.30. The lowest BCUT2D eigenvalue weighted by Gasteiger charge is -2.11. The molecule has 0 aromatic heterocycles. The molecule has 1 aliphatic rings. The van der Waals surface area contributed by atoms with Crippen molar-refractivity contribution in [1.82, 2.24) is 5.32 Å². The minimum atomic E-state index is -0.517. The summed E-state index contributed by atoms with van der Waals surface area (Å²) in [7, 11) is 1.62. The Morgan fingerprint density at radius 3 is 2.55 bits per heavy atom. The van der Waals surface area contributed by atoms with Crippen molar-refractivity contribution in [3.05, 3.63) is 65.7 Å². The van der Waals surface area contributed by atoms with Gasteiger partial charge >= 0.3 is 0 Å². The first-order chi connectivity index (χ1) is 14.9. The van der Waals surface area contributed by atoms with Crippen LogP contribution in [0.5, 0.6) is 11.5 Å². The van der Waals surface area contributed by atoms with Gasteiger partial charge in [0.2, 0.25) is 11.8 Å². The van der Waals surface area contributed by atoms with Gasteiger partial charge in [-0.1, -0.05) is 42.1 Å². The number of fused-ring (bicyclic) bond motifs is 1. The first-order valence-electron chi connectivity index (χ1n) is 9.61. The van der Waals surface area contributed by atoms with Crippen LogP contribution in [-0.2, 0) is 22.4 Å². The summed E-state index contributed by atoms with van der Waals surface area (Å²) < 4.78 is 5.23. The molecule has 3 aromatic carbocycles. The van der Waals surface area contributed by atoms with E-state index in [4.69, 9.17) is 4.74 Å². The molecule has 1 heterocycles. The van der Waals surface area contributed by atoms with Gasteiger partial charge in [0.05, 0.1) is 24.5 Å². The highest BCUT2D eigenvalue weighted by Gasteiger charge is 2.31. The number of phenols is 1. The highest BCUT2D eigenvalue weighted by Crippen LogP contribution is 2.29. The zero-order valence-corrected chi connectivity index (χ0v) is 17.5. The molecule has 0 saturated carbocycles. The number of thioether (sulfide) groups is 1. The summed E-state index contributed by atoms with van der Waals surface area (Å²) in [6.07, 6.45) is 0.459. The molecule has 7 nitrogen and oxygen atoms in total. The van der Waals surface area contributed by atoms with Crippen LogP contribution in [0.1, 0.15) is 11.1 Å². The van der Waals surface area contributed by atoms with Crippen LogP contribution in [-0.4, -0.2) is 34.5 Å². The van der Waals surface area contributed by atoms with Crippen molar-refractivity contribution in [2.75, 3.05) is 12.4 Å². The van der Waals surface area contributed by atoms with E-state index in [1.54, 1.807) is 19.2 Å². The van der Waals surface area contributed by atoms with Gasteiger partial charge in [0.1, 0.15) is 11.5 Å². The van der Waals surface area contributed by atoms with Crippen molar-refractivity contribution in [2.24, 2.45) is 0 Å². The monoisotopic (exact) mass is 436 g/mol. The summed E-state index contributed by atoms with van der Waals surface area (Å²) in [5.41, 5.74) is 1.83. The Labute approximate surface area is 182 Å². The number of carbonyl (C=O) groups is 3. The molecule has 0 spiro atoms. The lowest BCUT2D eigenvalue weighted by atomic mass is 10.0. The molecular formula is C23H20N2O5S. The van der Waals surface area contributed by atoms with E-state index in [2.05, 4.69) is 10.6 Å². The molecule has 1 aliphatic heterocycles. The van der Waals surface area contributed by atoms with E-state index in [-0.39, 0.29) is 34.9 Å². The normalized spacial score (nSPS) is 15.7. The Hall–Kier alpha value is -3.52. The van der Waals surface area contributed by atoms with Crippen LogP contribution in [0.15, 0.2) is 54.6 Å². The highest BCUT2D eigenvalue weighted by atomic mass is 32.2. The molecule has 1 atom stereocenters. The second kappa shape index (κ2) is 8.69.